The van der Waals surface area contributed by atoms with Crippen molar-refractivity contribution in [1.82, 2.24) is 15.3 Å². The maximum absolute atomic E-state index is 12.1. The van der Waals surface area contributed by atoms with Crippen LogP contribution in [0, 0.1) is 13.8 Å². The van der Waals surface area contributed by atoms with Crippen LogP contribution in [0.15, 0.2) is 47.4 Å². The van der Waals surface area contributed by atoms with Gasteiger partial charge in [-0.3, -0.25) is 9.78 Å². The Labute approximate surface area is 170 Å². The minimum absolute atomic E-state index is 0.0270. The number of nitrogens with zero attached hydrogens (tertiary/aromatic N) is 1. The summed E-state index contributed by atoms with van der Waals surface area (Å²) in [6, 6.07) is 11.9. The molecule has 160 valence electrons. The van der Waals surface area contributed by atoms with Gasteiger partial charge in [0.1, 0.15) is 0 Å². The number of hydrogen-bond donors (Lipinski definition) is 3. The van der Waals surface area contributed by atoms with Gasteiger partial charge in [0, 0.05) is 42.5 Å². The summed E-state index contributed by atoms with van der Waals surface area (Å²) in [6.07, 6.45) is -2.33. The second-order valence-electron chi connectivity index (χ2n) is 6.72. The summed E-state index contributed by atoms with van der Waals surface area (Å²) >= 11 is 0. The number of aromatic nitrogens is 2. The highest BCUT2D eigenvalue weighted by atomic mass is 19.4. The number of halogens is 3. The molecule has 0 aliphatic heterocycles. The lowest BCUT2D eigenvalue weighted by atomic mass is 10.1. The number of aliphatic carboxylic acids is 1. The van der Waals surface area contributed by atoms with Crippen molar-refractivity contribution in [2.45, 2.75) is 33.0 Å². The normalized spacial score (nSPS) is 11.1. The summed E-state index contributed by atoms with van der Waals surface area (Å²) in [7, 11) is 0. The third-order valence-electron chi connectivity index (χ3n) is 4.25. The largest absolute Gasteiger partial charge is 0.490 e. The van der Waals surface area contributed by atoms with E-state index < -0.39 is 12.1 Å². The fourth-order valence-electron chi connectivity index (χ4n) is 2.76. The van der Waals surface area contributed by atoms with E-state index in [0.29, 0.717) is 6.54 Å². The van der Waals surface area contributed by atoms with Gasteiger partial charge in [-0.25, -0.2) is 4.79 Å². The van der Waals surface area contributed by atoms with E-state index in [-0.39, 0.29) is 5.56 Å². The molecule has 30 heavy (non-hydrogen) atoms. The van der Waals surface area contributed by atoms with Gasteiger partial charge in [-0.05, 0) is 42.5 Å². The second kappa shape index (κ2) is 10.0. The van der Waals surface area contributed by atoms with Gasteiger partial charge >= 0.3 is 12.1 Å². The number of nitrogens with one attached hydrogen (secondary N) is 2. The van der Waals surface area contributed by atoms with Gasteiger partial charge in [0.05, 0.1) is 0 Å². The summed E-state index contributed by atoms with van der Waals surface area (Å²) < 4.78 is 31.7. The van der Waals surface area contributed by atoms with Crippen LogP contribution >= 0.6 is 0 Å². The standard InChI is InChI=1S/C19H21N3O.C2HF3O2/c1-13-9-14(2)17(21-11-13)7-8-20-12-16-10-15-5-3-4-6-18(15)22-19(16)23;3-2(4,5)1(6)7/h3-6,9-11,20H,7-8,12H2,1-2H3,(H,22,23);(H,6,7). The molecule has 0 saturated heterocycles. The number of para-hydroxylation sites is 1. The van der Waals surface area contributed by atoms with Gasteiger partial charge in [0.2, 0.25) is 0 Å². The predicted molar refractivity (Wildman–Crippen MR) is 107 cm³/mol. The molecule has 9 heteroatoms. The monoisotopic (exact) mass is 421 g/mol. The summed E-state index contributed by atoms with van der Waals surface area (Å²) in [5.74, 6) is -2.76. The lowest BCUT2D eigenvalue weighted by Crippen LogP contribution is -2.23. The number of aromatic amines is 1. The van der Waals surface area contributed by atoms with Crippen molar-refractivity contribution >= 4 is 16.9 Å². The van der Waals surface area contributed by atoms with Gasteiger partial charge < -0.3 is 15.4 Å². The first kappa shape index (κ1) is 23.1. The maximum Gasteiger partial charge on any atom is 0.490 e. The van der Waals surface area contributed by atoms with Crippen molar-refractivity contribution in [2.24, 2.45) is 0 Å². The molecule has 0 bridgehead atoms. The van der Waals surface area contributed by atoms with Crippen molar-refractivity contribution in [3.05, 3.63) is 75.3 Å². The molecule has 2 aromatic heterocycles. The molecular formula is C21H22F3N3O3. The summed E-state index contributed by atoms with van der Waals surface area (Å²) in [4.78, 5) is 28.4. The van der Waals surface area contributed by atoms with Crippen molar-refractivity contribution in [3.8, 4) is 0 Å². The Morgan fingerprint density at radius 2 is 1.87 bits per heavy atom. The van der Waals surface area contributed by atoms with Gasteiger partial charge in [-0.15, -0.1) is 0 Å². The van der Waals surface area contributed by atoms with Crippen LogP contribution in [0.2, 0.25) is 0 Å². The summed E-state index contributed by atoms with van der Waals surface area (Å²) in [5.41, 5.74) is 5.12. The van der Waals surface area contributed by atoms with Crippen molar-refractivity contribution in [1.29, 1.82) is 0 Å². The van der Waals surface area contributed by atoms with E-state index in [2.05, 4.69) is 28.3 Å². The minimum atomic E-state index is -5.08. The lowest BCUT2D eigenvalue weighted by molar-refractivity contribution is -0.192. The Hall–Kier alpha value is -3.20. The number of alkyl halides is 3. The smallest absolute Gasteiger partial charge is 0.475 e. The molecule has 0 atom stereocenters. The van der Waals surface area contributed by atoms with E-state index in [9.17, 15) is 18.0 Å². The van der Waals surface area contributed by atoms with E-state index in [4.69, 9.17) is 9.90 Å². The van der Waals surface area contributed by atoms with Crippen molar-refractivity contribution in [2.75, 3.05) is 6.54 Å². The zero-order valence-electron chi connectivity index (χ0n) is 16.5. The number of hydrogen-bond acceptors (Lipinski definition) is 4. The van der Waals surface area contributed by atoms with Crippen LogP contribution in [-0.4, -0.2) is 33.8 Å². The van der Waals surface area contributed by atoms with Crippen molar-refractivity contribution < 1.29 is 23.1 Å². The fraction of sp³-hybridized carbons (Fsp3) is 0.286. The van der Waals surface area contributed by atoms with Crippen LogP contribution in [0.5, 0.6) is 0 Å². The highest BCUT2D eigenvalue weighted by molar-refractivity contribution is 5.78. The maximum atomic E-state index is 12.1. The molecule has 2 heterocycles. The van der Waals surface area contributed by atoms with E-state index in [1.807, 2.05) is 43.5 Å². The van der Waals surface area contributed by atoms with E-state index in [1.54, 1.807) is 0 Å². The number of carboxylic acid groups (broad SMARTS) is 1. The van der Waals surface area contributed by atoms with Crippen LogP contribution in [-0.2, 0) is 17.8 Å². The number of aryl methyl sites for hydroxylation is 2. The average Bonchev–Trinajstić information content (AvgIpc) is 2.66. The molecule has 0 radical (unpaired) electrons. The second-order valence-corrected chi connectivity index (χ2v) is 6.72. The van der Waals surface area contributed by atoms with Crippen LogP contribution in [0.25, 0.3) is 10.9 Å². The Kier molecular flexibility index (Phi) is 7.71. The van der Waals surface area contributed by atoms with Gasteiger partial charge in [-0.1, -0.05) is 24.3 Å². The molecule has 3 N–H and O–H groups in total. The number of rotatable bonds is 5. The average molecular weight is 421 g/mol. The first-order valence-corrected chi connectivity index (χ1v) is 9.12. The molecule has 3 rings (SSSR count). The van der Waals surface area contributed by atoms with Crippen LogP contribution in [0.1, 0.15) is 22.4 Å². The highest BCUT2D eigenvalue weighted by Crippen LogP contribution is 2.13. The van der Waals surface area contributed by atoms with Gasteiger partial charge in [-0.2, -0.15) is 13.2 Å². The molecule has 0 spiro atoms. The van der Waals surface area contributed by atoms with E-state index in [0.717, 1.165) is 35.1 Å². The quantitative estimate of drug-likeness (QED) is 0.548. The van der Waals surface area contributed by atoms with E-state index in [1.165, 1.54) is 11.1 Å². The molecule has 0 aliphatic carbocycles. The van der Waals surface area contributed by atoms with E-state index >= 15 is 0 Å². The number of benzene rings is 1. The number of fused-ring (bicyclic) bond motifs is 1. The van der Waals surface area contributed by atoms with Crippen LogP contribution in [0.3, 0.4) is 0 Å². The Morgan fingerprint density at radius 3 is 2.50 bits per heavy atom. The fourth-order valence-corrected chi connectivity index (χ4v) is 2.76. The number of carboxylic acids is 1. The number of H-pyrrole nitrogens is 1. The molecule has 0 unspecified atom stereocenters. The summed E-state index contributed by atoms with van der Waals surface area (Å²) in [5, 5.41) is 11.5. The van der Waals surface area contributed by atoms with Crippen LogP contribution < -0.4 is 10.9 Å². The zero-order valence-corrected chi connectivity index (χ0v) is 16.5. The highest BCUT2D eigenvalue weighted by Gasteiger charge is 2.38. The molecular weight excluding hydrogens is 399 g/mol. The topological polar surface area (TPSA) is 95.1 Å². The number of carbonyl (C=O) groups is 1. The Morgan fingerprint density at radius 1 is 1.20 bits per heavy atom. The lowest BCUT2D eigenvalue weighted by Gasteiger charge is -2.08. The first-order valence-electron chi connectivity index (χ1n) is 9.12. The first-order chi connectivity index (χ1) is 14.1. The predicted octanol–water partition coefficient (Wildman–Crippen LogP) is 3.51. The molecule has 0 aliphatic rings. The van der Waals surface area contributed by atoms with Crippen molar-refractivity contribution in [3.63, 3.8) is 0 Å². The third kappa shape index (κ3) is 6.70. The molecule has 0 saturated carbocycles. The number of pyridine rings is 2. The molecule has 0 fully saturated rings. The van der Waals surface area contributed by atoms with Gasteiger partial charge in [0.25, 0.3) is 5.56 Å². The minimum Gasteiger partial charge on any atom is -0.475 e. The van der Waals surface area contributed by atoms with Crippen LogP contribution in [0.4, 0.5) is 13.2 Å². The zero-order chi connectivity index (χ0) is 22.3. The molecule has 1 aromatic carbocycles. The Balaban J connectivity index is 0.000000396. The SMILES string of the molecule is Cc1cnc(CCNCc2cc3ccccc3[nH]c2=O)c(C)c1.O=C(O)C(F)(F)F. The Bertz CT molecular complexity index is 1080. The van der Waals surface area contributed by atoms with Gasteiger partial charge in [0.15, 0.2) is 0 Å². The molecule has 0 amide bonds. The third-order valence-corrected chi connectivity index (χ3v) is 4.25. The molecule has 6 nitrogen and oxygen atoms in total. The summed E-state index contributed by atoms with van der Waals surface area (Å²) in [6.45, 7) is 5.49. The molecule has 3 aromatic rings.